The molecule has 1 aromatic carbocycles. The van der Waals surface area contributed by atoms with E-state index in [1.54, 1.807) is 12.1 Å². The lowest BCUT2D eigenvalue weighted by atomic mass is 9.93. The maximum Gasteiger partial charge on any atom is 0.274 e. The van der Waals surface area contributed by atoms with Crippen LogP contribution in [0.1, 0.15) is 32.0 Å². The first-order chi connectivity index (χ1) is 9.27. The Bertz CT molecular complexity index is 688. The third-order valence-electron chi connectivity index (χ3n) is 2.86. The molecule has 106 valence electrons. The Morgan fingerprint density at radius 2 is 1.95 bits per heavy atom. The zero-order chi connectivity index (χ0) is 14.9. The molecule has 6 heteroatoms. The van der Waals surface area contributed by atoms with E-state index in [0.29, 0.717) is 16.7 Å². The Hall–Kier alpha value is -1.88. The van der Waals surface area contributed by atoms with Crippen LogP contribution in [-0.2, 0) is 5.41 Å². The lowest BCUT2D eigenvalue weighted by molar-refractivity contribution is 0.547. The van der Waals surface area contributed by atoms with Crippen molar-refractivity contribution in [3.05, 3.63) is 44.8 Å². The predicted molar refractivity (Wildman–Crippen MR) is 80.8 cm³/mol. The Balaban J connectivity index is 2.34. The molecule has 2 rings (SSSR count). The number of halogens is 1. The van der Waals surface area contributed by atoms with Gasteiger partial charge in [-0.15, -0.1) is 10.2 Å². The number of anilines is 2. The number of hydrogen-bond donors (Lipinski definition) is 2. The maximum absolute atomic E-state index is 12.0. The van der Waals surface area contributed by atoms with Gasteiger partial charge >= 0.3 is 0 Å². The molecule has 0 aliphatic heterocycles. The van der Waals surface area contributed by atoms with Crippen molar-refractivity contribution in [2.24, 2.45) is 0 Å². The molecule has 0 atom stereocenters. The van der Waals surface area contributed by atoms with Gasteiger partial charge in [0, 0.05) is 16.1 Å². The molecule has 20 heavy (non-hydrogen) atoms. The zero-order valence-electron chi connectivity index (χ0n) is 11.9. The number of aryl methyl sites for hydroxylation is 1. The standard InChI is InChI=1S/C14H17ClN4O/c1-8-5-6-9(15)7-10(8)16-13-17-12(20)11(18-19-13)14(2,3)4/h5-7H,1-4H3,(H2,16,17,19,20). The van der Waals surface area contributed by atoms with Crippen LogP contribution in [0.3, 0.4) is 0 Å². The average Bonchev–Trinajstić information content (AvgIpc) is 2.32. The summed E-state index contributed by atoms with van der Waals surface area (Å²) >= 11 is 5.95. The number of aromatic amines is 1. The first-order valence-corrected chi connectivity index (χ1v) is 6.66. The molecular formula is C14H17ClN4O. The van der Waals surface area contributed by atoms with Crippen molar-refractivity contribution in [1.82, 2.24) is 15.2 Å². The number of rotatable bonds is 2. The summed E-state index contributed by atoms with van der Waals surface area (Å²) in [6.07, 6.45) is 0. The molecule has 2 N–H and O–H groups in total. The van der Waals surface area contributed by atoms with E-state index in [2.05, 4.69) is 20.5 Å². The van der Waals surface area contributed by atoms with Gasteiger partial charge in [-0.25, -0.2) is 0 Å². The lowest BCUT2D eigenvalue weighted by Crippen LogP contribution is -2.28. The van der Waals surface area contributed by atoms with E-state index < -0.39 is 0 Å². The van der Waals surface area contributed by atoms with E-state index in [1.807, 2.05) is 33.8 Å². The fraction of sp³-hybridized carbons (Fsp3) is 0.357. The van der Waals surface area contributed by atoms with Crippen LogP contribution in [0.2, 0.25) is 5.02 Å². The van der Waals surface area contributed by atoms with Crippen molar-refractivity contribution in [1.29, 1.82) is 0 Å². The van der Waals surface area contributed by atoms with Gasteiger partial charge in [-0.05, 0) is 24.6 Å². The van der Waals surface area contributed by atoms with Gasteiger partial charge in [0.05, 0.1) is 0 Å². The van der Waals surface area contributed by atoms with Crippen LogP contribution in [0.5, 0.6) is 0 Å². The molecule has 0 radical (unpaired) electrons. The SMILES string of the molecule is Cc1ccc(Cl)cc1Nc1nnc(C(C)(C)C)c(=O)[nH]1. The van der Waals surface area contributed by atoms with Crippen LogP contribution < -0.4 is 10.9 Å². The van der Waals surface area contributed by atoms with Gasteiger partial charge < -0.3 is 5.32 Å². The highest BCUT2D eigenvalue weighted by Gasteiger charge is 2.20. The fourth-order valence-corrected chi connectivity index (χ4v) is 1.91. The van der Waals surface area contributed by atoms with E-state index in [9.17, 15) is 4.79 Å². The maximum atomic E-state index is 12.0. The minimum Gasteiger partial charge on any atom is -0.324 e. The van der Waals surface area contributed by atoms with E-state index in [1.165, 1.54) is 0 Å². The largest absolute Gasteiger partial charge is 0.324 e. The van der Waals surface area contributed by atoms with Crippen molar-refractivity contribution >= 4 is 23.2 Å². The highest BCUT2D eigenvalue weighted by atomic mass is 35.5. The Kier molecular flexibility index (Phi) is 3.81. The van der Waals surface area contributed by atoms with Crippen LogP contribution in [0.25, 0.3) is 0 Å². The molecule has 1 heterocycles. The Morgan fingerprint density at radius 3 is 2.55 bits per heavy atom. The van der Waals surface area contributed by atoms with Gasteiger partial charge in [-0.2, -0.15) is 0 Å². The summed E-state index contributed by atoms with van der Waals surface area (Å²) in [5.74, 6) is 0.299. The van der Waals surface area contributed by atoms with Crippen LogP contribution in [0, 0.1) is 6.92 Å². The van der Waals surface area contributed by atoms with E-state index in [4.69, 9.17) is 11.6 Å². The topological polar surface area (TPSA) is 70.7 Å². The number of H-pyrrole nitrogens is 1. The first kappa shape index (κ1) is 14.5. The summed E-state index contributed by atoms with van der Waals surface area (Å²) in [6.45, 7) is 7.69. The first-order valence-electron chi connectivity index (χ1n) is 6.28. The number of nitrogens with zero attached hydrogens (tertiary/aromatic N) is 2. The molecule has 1 aromatic heterocycles. The molecule has 0 bridgehead atoms. The minimum absolute atomic E-state index is 0.241. The number of aromatic nitrogens is 3. The molecule has 0 fully saturated rings. The average molecular weight is 293 g/mol. The van der Waals surface area contributed by atoms with E-state index in [0.717, 1.165) is 11.3 Å². The van der Waals surface area contributed by atoms with Crippen LogP contribution in [0.4, 0.5) is 11.6 Å². The molecule has 0 aliphatic rings. The van der Waals surface area contributed by atoms with Gasteiger partial charge in [0.15, 0.2) is 0 Å². The summed E-state index contributed by atoms with van der Waals surface area (Å²) in [7, 11) is 0. The van der Waals surface area contributed by atoms with Gasteiger partial charge in [-0.3, -0.25) is 9.78 Å². The Labute approximate surface area is 122 Å². The molecule has 2 aromatic rings. The highest BCUT2D eigenvalue weighted by molar-refractivity contribution is 6.30. The van der Waals surface area contributed by atoms with Crippen molar-refractivity contribution < 1.29 is 0 Å². The fourth-order valence-electron chi connectivity index (χ4n) is 1.74. The second-order valence-electron chi connectivity index (χ2n) is 5.69. The van der Waals surface area contributed by atoms with Crippen LogP contribution in [0.15, 0.2) is 23.0 Å². The molecule has 0 amide bonds. The lowest BCUT2D eigenvalue weighted by Gasteiger charge is -2.16. The molecule has 0 saturated heterocycles. The monoisotopic (exact) mass is 292 g/mol. The van der Waals surface area contributed by atoms with Gasteiger partial charge in [0.2, 0.25) is 5.95 Å². The second-order valence-corrected chi connectivity index (χ2v) is 6.12. The minimum atomic E-state index is -0.342. The van der Waals surface area contributed by atoms with Gasteiger partial charge in [0.25, 0.3) is 5.56 Å². The molecule has 0 unspecified atom stereocenters. The summed E-state index contributed by atoms with van der Waals surface area (Å²) in [5.41, 5.74) is 1.61. The van der Waals surface area contributed by atoms with Crippen molar-refractivity contribution in [2.45, 2.75) is 33.1 Å². The van der Waals surface area contributed by atoms with Crippen molar-refractivity contribution in [3.63, 3.8) is 0 Å². The molecule has 0 aliphatic carbocycles. The zero-order valence-corrected chi connectivity index (χ0v) is 12.7. The van der Waals surface area contributed by atoms with E-state index in [-0.39, 0.29) is 11.0 Å². The smallest absolute Gasteiger partial charge is 0.274 e. The predicted octanol–water partition coefficient (Wildman–Crippen LogP) is 3.17. The van der Waals surface area contributed by atoms with Crippen molar-refractivity contribution in [3.8, 4) is 0 Å². The number of nitrogens with one attached hydrogen (secondary N) is 2. The summed E-state index contributed by atoms with van der Waals surface area (Å²) in [4.78, 5) is 14.7. The third kappa shape index (κ3) is 3.17. The molecule has 0 saturated carbocycles. The summed E-state index contributed by atoms with van der Waals surface area (Å²) in [6, 6.07) is 5.47. The Morgan fingerprint density at radius 1 is 1.25 bits per heavy atom. The molecule has 5 nitrogen and oxygen atoms in total. The second kappa shape index (κ2) is 5.25. The highest BCUT2D eigenvalue weighted by Crippen LogP contribution is 2.22. The van der Waals surface area contributed by atoms with Gasteiger partial charge in [0.1, 0.15) is 5.69 Å². The quantitative estimate of drug-likeness (QED) is 0.892. The number of hydrogen-bond acceptors (Lipinski definition) is 4. The van der Waals surface area contributed by atoms with Crippen molar-refractivity contribution in [2.75, 3.05) is 5.32 Å². The number of benzene rings is 1. The van der Waals surface area contributed by atoms with E-state index >= 15 is 0 Å². The van der Waals surface area contributed by atoms with Crippen LogP contribution >= 0.6 is 11.6 Å². The third-order valence-corrected chi connectivity index (χ3v) is 3.10. The molecular weight excluding hydrogens is 276 g/mol. The van der Waals surface area contributed by atoms with Gasteiger partial charge in [-0.1, -0.05) is 38.4 Å². The normalized spacial score (nSPS) is 11.4. The van der Waals surface area contributed by atoms with Crippen LogP contribution in [-0.4, -0.2) is 15.2 Å². The molecule has 0 spiro atoms. The summed E-state index contributed by atoms with van der Waals surface area (Å²) in [5, 5.41) is 11.7. The summed E-state index contributed by atoms with van der Waals surface area (Å²) < 4.78 is 0.